The van der Waals surface area contributed by atoms with Gasteiger partial charge in [0.05, 0.1) is 6.04 Å². The van der Waals surface area contributed by atoms with Gasteiger partial charge in [0.25, 0.3) is 0 Å². The van der Waals surface area contributed by atoms with Gasteiger partial charge in [-0.2, -0.15) is 0 Å². The van der Waals surface area contributed by atoms with E-state index in [0.29, 0.717) is 24.8 Å². The number of nitrogens with zero attached hydrogens (tertiary/aromatic N) is 1. The summed E-state index contributed by atoms with van der Waals surface area (Å²) < 4.78 is 13.4. The number of hydrogen-bond donors (Lipinski definition) is 4. The molecule has 5 fully saturated rings. The van der Waals surface area contributed by atoms with Crippen LogP contribution in [0.4, 0.5) is 0 Å². The Morgan fingerprint density at radius 1 is 1.17 bits per heavy atom. The average Bonchev–Trinajstić information content (AvgIpc) is 3.72. The summed E-state index contributed by atoms with van der Waals surface area (Å²) in [5.74, 6) is 1.83. The zero-order valence-electron chi connectivity index (χ0n) is 23.8. The van der Waals surface area contributed by atoms with Crippen molar-refractivity contribution >= 4 is 5.91 Å². The zero-order chi connectivity index (χ0) is 28.1. The highest BCUT2D eigenvalue weighted by Crippen LogP contribution is 2.76. The normalized spacial score (nSPS) is 36.9. The van der Waals surface area contributed by atoms with Gasteiger partial charge in [-0.15, -0.1) is 0 Å². The van der Waals surface area contributed by atoms with Crippen LogP contribution in [0.5, 0.6) is 17.2 Å². The summed E-state index contributed by atoms with van der Waals surface area (Å²) in [4.78, 5) is 16.0. The number of methoxy groups -OCH3 is 1. The van der Waals surface area contributed by atoms with Crippen LogP contribution in [-0.2, 0) is 27.8 Å². The SMILES string of the molecule is COC12CC[C@@]3(CC1CNC(=O)[C@@H](N)Cc1ccc(O)cc1)[C@H]1Cc4ccc(O)c5c4[C@@]3(CCN1CC1CC1)C2O5. The number of carbonyl (C=O) groups excluding carboxylic acids is 1. The lowest BCUT2D eigenvalue weighted by Crippen LogP contribution is -2.81. The van der Waals surface area contributed by atoms with Crippen molar-refractivity contribution in [3.63, 3.8) is 0 Å². The molecule has 5 N–H and O–H groups in total. The fourth-order valence-corrected chi connectivity index (χ4v) is 10.1. The maximum Gasteiger partial charge on any atom is 0.237 e. The molecule has 7 aliphatic rings. The summed E-state index contributed by atoms with van der Waals surface area (Å²) in [5, 5.41) is 23.8. The number of benzene rings is 2. The van der Waals surface area contributed by atoms with E-state index in [-0.39, 0.29) is 40.3 Å². The Kier molecular flexibility index (Phi) is 5.58. The van der Waals surface area contributed by atoms with Crippen molar-refractivity contribution in [1.29, 1.82) is 0 Å². The van der Waals surface area contributed by atoms with Gasteiger partial charge >= 0.3 is 0 Å². The molecule has 5 aliphatic carbocycles. The zero-order valence-corrected chi connectivity index (χ0v) is 23.8. The molecule has 3 unspecified atom stereocenters. The van der Waals surface area contributed by atoms with Gasteiger partial charge in [-0.3, -0.25) is 9.69 Å². The molecule has 8 nitrogen and oxygen atoms in total. The Balaban J connectivity index is 1.12. The third kappa shape index (κ3) is 3.41. The van der Waals surface area contributed by atoms with E-state index in [1.807, 2.05) is 6.07 Å². The van der Waals surface area contributed by atoms with Gasteiger partial charge in [-0.1, -0.05) is 18.2 Å². The number of amides is 1. The Morgan fingerprint density at radius 3 is 2.73 bits per heavy atom. The molecule has 2 aromatic rings. The Hall–Kier alpha value is -2.81. The van der Waals surface area contributed by atoms with E-state index >= 15 is 0 Å². The van der Waals surface area contributed by atoms with E-state index in [0.717, 1.165) is 50.1 Å². The second-order valence-electron chi connectivity index (χ2n) is 13.8. The largest absolute Gasteiger partial charge is 0.508 e. The number of nitrogens with one attached hydrogen (secondary N) is 1. The summed E-state index contributed by atoms with van der Waals surface area (Å²) in [6.07, 6.45) is 7.83. The minimum absolute atomic E-state index is 0.0146. The minimum Gasteiger partial charge on any atom is -0.508 e. The van der Waals surface area contributed by atoms with E-state index in [2.05, 4.69) is 16.3 Å². The average molecular weight is 560 g/mol. The molecule has 2 spiro atoms. The van der Waals surface area contributed by atoms with E-state index in [4.69, 9.17) is 15.2 Å². The Morgan fingerprint density at radius 2 is 1.98 bits per heavy atom. The number of phenolic OH excluding ortho intramolecular Hbond substituents is 2. The number of fused-ring (bicyclic) bond motifs is 2. The third-order valence-electron chi connectivity index (χ3n) is 12.1. The number of ether oxygens (including phenoxy) is 2. The summed E-state index contributed by atoms with van der Waals surface area (Å²) in [6, 6.07) is 10.5. The Labute approximate surface area is 241 Å². The number of carbonyl (C=O) groups is 1. The molecule has 0 aromatic heterocycles. The number of rotatable bonds is 8. The van der Waals surface area contributed by atoms with Crippen molar-refractivity contribution < 1.29 is 24.5 Å². The molecule has 2 aliphatic heterocycles. The van der Waals surface area contributed by atoms with Gasteiger partial charge in [0.15, 0.2) is 11.5 Å². The van der Waals surface area contributed by atoms with Crippen LogP contribution in [-0.4, -0.2) is 71.6 Å². The van der Waals surface area contributed by atoms with Crippen molar-refractivity contribution in [3.05, 3.63) is 53.1 Å². The van der Waals surface area contributed by atoms with Gasteiger partial charge in [-0.25, -0.2) is 0 Å². The van der Waals surface area contributed by atoms with Crippen molar-refractivity contribution in [2.24, 2.45) is 23.0 Å². The summed E-state index contributed by atoms with van der Waals surface area (Å²) >= 11 is 0. The van der Waals surface area contributed by atoms with Crippen molar-refractivity contribution in [2.45, 2.75) is 80.6 Å². The maximum atomic E-state index is 13.2. The summed E-state index contributed by atoms with van der Waals surface area (Å²) in [7, 11) is 1.80. The molecule has 9 rings (SSSR count). The molecule has 4 bridgehead atoms. The molecule has 7 atom stereocenters. The van der Waals surface area contributed by atoms with Crippen LogP contribution in [0.1, 0.15) is 55.2 Å². The molecule has 8 heteroatoms. The minimum atomic E-state index is -0.682. The molecule has 2 aromatic carbocycles. The highest BCUT2D eigenvalue weighted by atomic mass is 16.6. The third-order valence-corrected chi connectivity index (χ3v) is 12.1. The highest BCUT2D eigenvalue weighted by molar-refractivity contribution is 5.81. The lowest BCUT2D eigenvalue weighted by atomic mass is 9.35. The highest BCUT2D eigenvalue weighted by Gasteiger charge is 2.80. The predicted octanol–water partition coefficient (Wildman–Crippen LogP) is 3.01. The van der Waals surface area contributed by atoms with Gasteiger partial charge in [0.2, 0.25) is 5.91 Å². The summed E-state index contributed by atoms with van der Waals surface area (Å²) in [6.45, 7) is 2.72. The molecule has 1 amide bonds. The number of likely N-dealkylation sites (tertiary alicyclic amines) is 1. The number of hydrogen-bond acceptors (Lipinski definition) is 7. The van der Waals surface area contributed by atoms with Crippen LogP contribution >= 0.6 is 0 Å². The maximum absolute atomic E-state index is 13.2. The van der Waals surface area contributed by atoms with Crippen LogP contribution in [0.2, 0.25) is 0 Å². The number of nitrogens with two attached hydrogens (primary N) is 1. The van der Waals surface area contributed by atoms with E-state index in [9.17, 15) is 15.0 Å². The molecular formula is C33H41N3O5. The van der Waals surface area contributed by atoms with Gasteiger partial charge in [-0.05, 0) is 93.2 Å². The number of aromatic hydroxyl groups is 2. The first-order valence-corrected chi connectivity index (χ1v) is 15.4. The first kappa shape index (κ1) is 25.9. The Bertz CT molecular complexity index is 1390. The molecule has 218 valence electrons. The fourth-order valence-electron chi connectivity index (χ4n) is 10.1. The van der Waals surface area contributed by atoms with Crippen LogP contribution in [0.25, 0.3) is 0 Å². The number of piperidine rings is 1. The standard InChI is InChI=1S/C33H41N3O5/c1-40-33-11-10-31(16-22(33)17-35-29(39)24(34)14-19-4-7-23(37)8-5-19)26-15-21-6-9-25(38)28-27(21)32(31,30(33)41-28)12-13-36(26)18-20-2-3-20/h4-9,20,22,24,26,30,37-38H,2-3,10-18,34H2,1H3,(H,35,39)/t22?,24-,26+,30?,31+,32-,33?/m0/s1. The quantitative estimate of drug-likeness (QED) is 0.393. The monoisotopic (exact) mass is 559 g/mol. The van der Waals surface area contributed by atoms with Crippen molar-refractivity contribution in [1.82, 2.24) is 10.2 Å². The lowest BCUT2D eigenvalue weighted by molar-refractivity contribution is -0.276. The van der Waals surface area contributed by atoms with Crippen molar-refractivity contribution in [2.75, 3.05) is 26.7 Å². The predicted molar refractivity (Wildman–Crippen MR) is 153 cm³/mol. The van der Waals surface area contributed by atoms with Crippen LogP contribution < -0.4 is 15.8 Å². The van der Waals surface area contributed by atoms with Crippen LogP contribution in [0, 0.1) is 17.3 Å². The summed E-state index contributed by atoms with van der Waals surface area (Å²) in [5.41, 5.74) is 9.12. The second kappa shape index (κ2) is 8.85. The number of phenols is 2. The smallest absolute Gasteiger partial charge is 0.237 e. The van der Waals surface area contributed by atoms with E-state index in [1.165, 1.54) is 30.5 Å². The van der Waals surface area contributed by atoms with Crippen LogP contribution in [0.3, 0.4) is 0 Å². The van der Waals surface area contributed by atoms with E-state index in [1.54, 1.807) is 31.4 Å². The van der Waals surface area contributed by atoms with Crippen molar-refractivity contribution in [3.8, 4) is 17.2 Å². The van der Waals surface area contributed by atoms with Crippen LogP contribution in [0.15, 0.2) is 36.4 Å². The molecule has 2 heterocycles. The molecule has 1 saturated heterocycles. The first-order valence-electron chi connectivity index (χ1n) is 15.4. The molecule has 4 saturated carbocycles. The molecular weight excluding hydrogens is 518 g/mol. The first-order chi connectivity index (χ1) is 19.8. The topological polar surface area (TPSA) is 117 Å². The van der Waals surface area contributed by atoms with Gasteiger partial charge in [0.1, 0.15) is 17.5 Å². The van der Waals surface area contributed by atoms with E-state index < -0.39 is 11.6 Å². The molecule has 41 heavy (non-hydrogen) atoms. The second-order valence-corrected chi connectivity index (χ2v) is 13.8. The fraction of sp³-hybridized carbons (Fsp3) is 0.606. The van der Waals surface area contributed by atoms with Gasteiger partial charge < -0.3 is 30.7 Å². The molecule has 0 radical (unpaired) electrons. The lowest BCUT2D eigenvalue weighted by Gasteiger charge is -2.74. The van der Waals surface area contributed by atoms with Gasteiger partial charge in [0, 0.05) is 48.6 Å².